The van der Waals surface area contributed by atoms with Crippen LogP contribution in [0.1, 0.15) is 32.1 Å². The number of aryl methyl sites for hydroxylation is 1. The third-order valence-electron chi connectivity index (χ3n) is 4.50. The number of nitrogens with zero attached hydrogens (tertiary/aromatic N) is 2. The van der Waals surface area contributed by atoms with Gasteiger partial charge >= 0.3 is 0 Å². The molecule has 2 aromatic rings. The molecule has 2 heterocycles. The first kappa shape index (κ1) is 16.1. The molecule has 23 heavy (non-hydrogen) atoms. The van der Waals surface area contributed by atoms with Gasteiger partial charge in [0.15, 0.2) is 0 Å². The van der Waals surface area contributed by atoms with Crippen LogP contribution in [0, 0.1) is 5.92 Å². The second-order valence-electron chi connectivity index (χ2n) is 6.10. The first-order valence-corrected chi connectivity index (χ1v) is 8.88. The van der Waals surface area contributed by atoms with E-state index in [0.29, 0.717) is 17.8 Å². The molecule has 6 nitrogen and oxygen atoms in total. The van der Waals surface area contributed by atoms with Crippen molar-refractivity contribution in [3.05, 3.63) is 28.1 Å². The average molecular weight is 335 g/mol. The first-order valence-electron chi connectivity index (χ1n) is 8.00. The molecule has 1 aliphatic carbocycles. The van der Waals surface area contributed by atoms with Gasteiger partial charge in [0, 0.05) is 25.6 Å². The third-order valence-corrected chi connectivity index (χ3v) is 5.32. The second kappa shape index (κ2) is 7.23. The van der Waals surface area contributed by atoms with Crippen LogP contribution in [0.5, 0.6) is 0 Å². The van der Waals surface area contributed by atoms with Gasteiger partial charge in [0.1, 0.15) is 4.83 Å². The van der Waals surface area contributed by atoms with Gasteiger partial charge in [-0.2, -0.15) is 0 Å². The summed E-state index contributed by atoms with van der Waals surface area (Å²) in [5.41, 5.74) is -0.0903. The van der Waals surface area contributed by atoms with Gasteiger partial charge < -0.3 is 10.4 Å². The van der Waals surface area contributed by atoms with Crippen LogP contribution in [0.25, 0.3) is 10.2 Å². The lowest BCUT2D eigenvalue weighted by molar-refractivity contribution is -0.122. The van der Waals surface area contributed by atoms with Crippen LogP contribution in [0.3, 0.4) is 0 Å². The molecule has 0 saturated heterocycles. The molecule has 1 amide bonds. The molecule has 0 spiro atoms. The number of aliphatic hydroxyl groups is 1. The zero-order valence-electron chi connectivity index (χ0n) is 12.9. The van der Waals surface area contributed by atoms with Crippen molar-refractivity contribution in [2.75, 3.05) is 6.61 Å². The lowest BCUT2D eigenvalue weighted by Gasteiger charge is -2.28. The molecular formula is C16H21N3O3S. The molecule has 3 rings (SSSR count). The SMILES string of the molecule is O=C(CCn1cnc2sccc2c1=O)NC1CCC(CO)CC1. The van der Waals surface area contributed by atoms with Crippen LogP contribution < -0.4 is 10.9 Å². The Balaban J connectivity index is 1.52. The molecule has 7 heteroatoms. The number of fused-ring (bicyclic) bond motifs is 1. The van der Waals surface area contributed by atoms with Crippen LogP contribution in [0.2, 0.25) is 0 Å². The Labute approximate surface area is 138 Å². The van der Waals surface area contributed by atoms with Gasteiger partial charge in [-0.25, -0.2) is 4.98 Å². The molecule has 0 aromatic carbocycles. The number of carbonyl (C=O) groups is 1. The summed E-state index contributed by atoms with van der Waals surface area (Å²) >= 11 is 1.44. The molecule has 1 fully saturated rings. The molecule has 1 aliphatic rings. The lowest BCUT2D eigenvalue weighted by atomic mass is 9.86. The van der Waals surface area contributed by atoms with Crippen LogP contribution in [-0.4, -0.2) is 33.2 Å². The van der Waals surface area contributed by atoms with Crippen molar-refractivity contribution in [3.8, 4) is 0 Å². The van der Waals surface area contributed by atoms with E-state index >= 15 is 0 Å². The minimum absolute atomic E-state index is 0.0326. The van der Waals surface area contributed by atoms with Crippen LogP contribution in [-0.2, 0) is 11.3 Å². The molecule has 1 saturated carbocycles. The summed E-state index contributed by atoms with van der Waals surface area (Å²) in [6.07, 6.45) is 5.54. The topological polar surface area (TPSA) is 84.2 Å². The van der Waals surface area contributed by atoms with Gasteiger partial charge in [-0.15, -0.1) is 11.3 Å². The fourth-order valence-corrected chi connectivity index (χ4v) is 3.79. The number of rotatable bonds is 5. The van der Waals surface area contributed by atoms with Crippen molar-refractivity contribution >= 4 is 27.5 Å². The Bertz CT molecular complexity index is 731. The lowest BCUT2D eigenvalue weighted by Crippen LogP contribution is -2.38. The van der Waals surface area contributed by atoms with Crippen molar-refractivity contribution in [3.63, 3.8) is 0 Å². The molecular weight excluding hydrogens is 314 g/mol. The van der Waals surface area contributed by atoms with Crippen LogP contribution in [0.4, 0.5) is 0 Å². The fraction of sp³-hybridized carbons (Fsp3) is 0.562. The Morgan fingerprint density at radius 3 is 2.91 bits per heavy atom. The van der Waals surface area contributed by atoms with Crippen LogP contribution >= 0.6 is 11.3 Å². The number of aromatic nitrogens is 2. The monoisotopic (exact) mass is 335 g/mol. The predicted molar refractivity (Wildman–Crippen MR) is 89.5 cm³/mol. The van der Waals surface area contributed by atoms with Gasteiger partial charge in [0.05, 0.1) is 11.7 Å². The van der Waals surface area contributed by atoms with Crippen molar-refractivity contribution < 1.29 is 9.90 Å². The molecule has 2 aromatic heterocycles. The summed E-state index contributed by atoms with van der Waals surface area (Å²) in [6, 6.07) is 1.96. The maximum absolute atomic E-state index is 12.2. The van der Waals surface area contributed by atoms with E-state index in [-0.39, 0.29) is 30.5 Å². The molecule has 0 bridgehead atoms. The smallest absolute Gasteiger partial charge is 0.262 e. The van der Waals surface area contributed by atoms with E-state index in [1.165, 1.54) is 22.2 Å². The quantitative estimate of drug-likeness (QED) is 0.867. The van der Waals surface area contributed by atoms with Crippen LogP contribution in [0.15, 0.2) is 22.6 Å². The Hall–Kier alpha value is -1.73. The number of carbonyl (C=O) groups excluding carboxylic acids is 1. The number of thiophene rings is 1. The third kappa shape index (κ3) is 3.79. The molecule has 0 unspecified atom stereocenters. The number of nitrogens with one attached hydrogen (secondary N) is 1. The molecule has 124 valence electrons. The first-order chi connectivity index (χ1) is 11.2. The fourth-order valence-electron chi connectivity index (χ4n) is 3.06. The number of amides is 1. The zero-order chi connectivity index (χ0) is 16.2. The summed E-state index contributed by atoms with van der Waals surface area (Å²) in [5, 5.41) is 14.6. The molecule has 0 aliphatic heterocycles. The summed E-state index contributed by atoms with van der Waals surface area (Å²) < 4.78 is 1.50. The van der Waals surface area contributed by atoms with E-state index in [1.807, 2.05) is 5.38 Å². The standard InChI is InChI=1S/C16H21N3O3S/c20-9-11-1-3-12(4-2-11)18-14(21)5-7-19-10-17-15-13(16(19)22)6-8-23-15/h6,8,10-12,20H,1-5,7,9H2,(H,18,21). The highest BCUT2D eigenvalue weighted by Crippen LogP contribution is 2.23. The highest BCUT2D eigenvalue weighted by molar-refractivity contribution is 7.16. The van der Waals surface area contributed by atoms with E-state index < -0.39 is 0 Å². The largest absolute Gasteiger partial charge is 0.396 e. The summed E-state index contributed by atoms with van der Waals surface area (Å²) in [7, 11) is 0. The molecule has 0 radical (unpaired) electrons. The summed E-state index contributed by atoms with van der Waals surface area (Å²) in [5.74, 6) is 0.347. The van der Waals surface area contributed by atoms with E-state index in [9.17, 15) is 9.59 Å². The minimum Gasteiger partial charge on any atom is -0.396 e. The van der Waals surface area contributed by atoms with E-state index in [4.69, 9.17) is 5.11 Å². The number of hydrogen-bond acceptors (Lipinski definition) is 5. The number of hydrogen-bond donors (Lipinski definition) is 2. The minimum atomic E-state index is -0.0903. The molecule has 2 N–H and O–H groups in total. The Morgan fingerprint density at radius 1 is 1.39 bits per heavy atom. The Kier molecular flexibility index (Phi) is 5.07. The van der Waals surface area contributed by atoms with E-state index in [1.54, 1.807) is 6.07 Å². The Morgan fingerprint density at radius 2 is 2.17 bits per heavy atom. The van der Waals surface area contributed by atoms with E-state index in [0.717, 1.165) is 30.5 Å². The highest BCUT2D eigenvalue weighted by atomic mass is 32.1. The summed E-state index contributed by atoms with van der Waals surface area (Å²) in [6.45, 7) is 0.580. The van der Waals surface area contributed by atoms with E-state index in [2.05, 4.69) is 10.3 Å². The number of aliphatic hydroxyl groups excluding tert-OH is 1. The highest BCUT2D eigenvalue weighted by Gasteiger charge is 2.21. The van der Waals surface area contributed by atoms with Crippen molar-refractivity contribution in [1.82, 2.24) is 14.9 Å². The van der Waals surface area contributed by atoms with Crippen molar-refractivity contribution in [2.45, 2.75) is 44.7 Å². The van der Waals surface area contributed by atoms with Gasteiger partial charge in [-0.1, -0.05) is 0 Å². The zero-order valence-corrected chi connectivity index (χ0v) is 13.7. The van der Waals surface area contributed by atoms with Crippen molar-refractivity contribution in [1.29, 1.82) is 0 Å². The van der Waals surface area contributed by atoms with Gasteiger partial charge in [0.2, 0.25) is 5.91 Å². The maximum Gasteiger partial charge on any atom is 0.262 e. The molecule has 0 atom stereocenters. The summed E-state index contributed by atoms with van der Waals surface area (Å²) in [4.78, 5) is 29.3. The second-order valence-corrected chi connectivity index (χ2v) is 6.99. The average Bonchev–Trinajstić information content (AvgIpc) is 3.04. The van der Waals surface area contributed by atoms with Gasteiger partial charge in [-0.3, -0.25) is 14.2 Å². The van der Waals surface area contributed by atoms with Crippen molar-refractivity contribution in [2.24, 2.45) is 5.92 Å². The van der Waals surface area contributed by atoms with Gasteiger partial charge in [0.25, 0.3) is 5.56 Å². The maximum atomic E-state index is 12.2. The normalized spacial score (nSPS) is 21.4. The van der Waals surface area contributed by atoms with Gasteiger partial charge in [-0.05, 0) is 43.0 Å². The predicted octanol–water partition coefficient (Wildman–Crippen LogP) is 1.52.